The molecule has 0 aromatic carbocycles. The zero-order valence-corrected chi connectivity index (χ0v) is 19.2. The van der Waals surface area contributed by atoms with Crippen molar-refractivity contribution >= 4 is 33.4 Å². The van der Waals surface area contributed by atoms with Gasteiger partial charge in [0, 0.05) is 24.2 Å². The number of carbonyl (C=O) groups excluding carboxylic acids is 1. The third-order valence-electron chi connectivity index (χ3n) is 6.46. The Morgan fingerprint density at radius 1 is 1.19 bits per heavy atom. The van der Waals surface area contributed by atoms with Crippen LogP contribution in [0.1, 0.15) is 55.8 Å². The first-order valence-electron chi connectivity index (χ1n) is 11.3. The lowest BCUT2D eigenvalue weighted by Crippen LogP contribution is -2.28. The maximum absolute atomic E-state index is 12.7. The highest BCUT2D eigenvalue weighted by Gasteiger charge is 2.40. The van der Waals surface area contributed by atoms with Crippen LogP contribution in [0.15, 0.2) is 29.7 Å². The molecule has 2 saturated heterocycles. The predicted octanol–water partition coefficient (Wildman–Crippen LogP) is 3.75. The highest BCUT2D eigenvalue weighted by Crippen LogP contribution is 2.46. The largest absolute Gasteiger partial charge is 0.350 e. The Hall–Kier alpha value is -2.32. The lowest BCUT2D eigenvalue weighted by molar-refractivity contribution is 0.0952. The molecule has 4 heterocycles. The first-order valence-corrected chi connectivity index (χ1v) is 12.2. The normalized spacial score (nSPS) is 20.6. The van der Waals surface area contributed by atoms with Gasteiger partial charge in [-0.1, -0.05) is 37.3 Å². The van der Waals surface area contributed by atoms with Crippen molar-refractivity contribution in [3.8, 4) is 0 Å². The van der Waals surface area contributed by atoms with E-state index >= 15 is 0 Å². The molecule has 2 fully saturated rings. The van der Waals surface area contributed by atoms with E-state index in [1.54, 1.807) is 6.33 Å². The number of carbonyl (C=O) groups is 1. The van der Waals surface area contributed by atoms with Gasteiger partial charge in [-0.05, 0) is 57.3 Å². The van der Waals surface area contributed by atoms with E-state index in [-0.39, 0.29) is 11.3 Å². The predicted molar refractivity (Wildman–Crippen MR) is 124 cm³/mol. The van der Waals surface area contributed by atoms with Crippen LogP contribution in [0.25, 0.3) is 10.3 Å². The van der Waals surface area contributed by atoms with Crippen LogP contribution in [0.5, 0.6) is 0 Å². The van der Waals surface area contributed by atoms with Gasteiger partial charge in [0.05, 0.1) is 0 Å². The first kappa shape index (κ1) is 20.6. The average Bonchev–Trinajstić information content (AvgIpc) is 3.49. The topological polar surface area (TPSA) is 74.2 Å². The molecule has 0 unspecified atom stereocenters. The lowest BCUT2D eigenvalue weighted by Gasteiger charge is -2.20. The fourth-order valence-electron chi connectivity index (χ4n) is 4.92. The minimum Gasteiger partial charge on any atom is -0.350 e. The Labute approximate surface area is 187 Å². The maximum Gasteiger partial charge on any atom is 0.280 e. The molecule has 0 radical (unpaired) electrons. The molecular weight excluding hydrogens is 408 g/mol. The van der Waals surface area contributed by atoms with E-state index in [2.05, 4.69) is 56.1 Å². The molecule has 2 aromatic heterocycles. The van der Waals surface area contributed by atoms with E-state index in [1.807, 2.05) is 0 Å². The van der Waals surface area contributed by atoms with Crippen molar-refractivity contribution in [1.82, 2.24) is 25.2 Å². The van der Waals surface area contributed by atoms with Gasteiger partial charge in [-0.3, -0.25) is 4.79 Å². The summed E-state index contributed by atoms with van der Waals surface area (Å²) in [6.45, 7) is 9.50. The Balaban J connectivity index is 1.33. The van der Waals surface area contributed by atoms with Gasteiger partial charge in [0.2, 0.25) is 0 Å². The molecular formula is C23H30N6OS. The number of thiazole rings is 1. The van der Waals surface area contributed by atoms with Crippen LogP contribution in [0.4, 0.5) is 5.82 Å². The Morgan fingerprint density at radius 2 is 2.00 bits per heavy atom. The number of allylic oxidation sites excluding steroid dienone is 3. The Morgan fingerprint density at radius 3 is 2.84 bits per heavy atom. The molecule has 0 spiro atoms. The molecule has 164 valence electrons. The third-order valence-corrected chi connectivity index (χ3v) is 7.43. The number of likely N-dealkylation sites (tertiary alicyclic amines) is 1. The lowest BCUT2D eigenvalue weighted by atomic mass is 9.84. The SMILES string of the molecule is CC1(C)CN(c2ncnc3sc(C(=O)NCCCN4CCCC4)nc23)C2=CCCC=C21. The van der Waals surface area contributed by atoms with Crippen molar-refractivity contribution in [2.45, 2.75) is 46.0 Å². The van der Waals surface area contributed by atoms with E-state index in [9.17, 15) is 4.79 Å². The summed E-state index contributed by atoms with van der Waals surface area (Å²) in [7, 11) is 0. The van der Waals surface area contributed by atoms with Crippen LogP contribution < -0.4 is 10.2 Å². The van der Waals surface area contributed by atoms with Gasteiger partial charge in [-0.25, -0.2) is 15.0 Å². The molecule has 0 atom stereocenters. The summed E-state index contributed by atoms with van der Waals surface area (Å²) >= 11 is 1.35. The van der Waals surface area contributed by atoms with Crippen LogP contribution in [0.3, 0.4) is 0 Å². The van der Waals surface area contributed by atoms with Gasteiger partial charge in [0.1, 0.15) is 16.7 Å². The smallest absolute Gasteiger partial charge is 0.280 e. The summed E-state index contributed by atoms with van der Waals surface area (Å²) in [5.74, 6) is 0.688. The van der Waals surface area contributed by atoms with Gasteiger partial charge in [-0.15, -0.1) is 0 Å². The first-order chi connectivity index (χ1) is 15.0. The minimum absolute atomic E-state index is 0.0646. The van der Waals surface area contributed by atoms with Crippen LogP contribution in [0, 0.1) is 5.41 Å². The van der Waals surface area contributed by atoms with E-state index in [1.165, 1.54) is 48.5 Å². The van der Waals surface area contributed by atoms with Gasteiger partial charge < -0.3 is 15.1 Å². The van der Waals surface area contributed by atoms with E-state index in [4.69, 9.17) is 0 Å². The number of anilines is 1. The Kier molecular flexibility index (Phi) is 5.52. The molecule has 2 aromatic rings. The zero-order valence-electron chi connectivity index (χ0n) is 18.4. The molecule has 3 aliphatic rings. The van der Waals surface area contributed by atoms with Crippen molar-refractivity contribution in [3.05, 3.63) is 34.8 Å². The molecule has 8 heteroatoms. The fourth-order valence-corrected chi connectivity index (χ4v) is 5.74. The second-order valence-corrected chi connectivity index (χ2v) is 10.3. The summed E-state index contributed by atoms with van der Waals surface area (Å²) in [5, 5.41) is 3.49. The van der Waals surface area contributed by atoms with Crippen LogP contribution in [-0.2, 0) is 0 Å². The van der Waals surface area contributed by atoms with Crippen LogP contribution in [0.2, 0.25) is 0 Å². The standard InChI is InChI=1S/C23H30N6OS/c1-23(2)14-29(17-9-4-3-8-16(17)23)19-18-21(26-15-25-19)31-22(27-18)20(30)24-10-7-13-28-11-5-6-12-28/h8-9,15H,3-7,10-14H2,1-2H3,(H,24,30). The quantitative estimate of drug-likeness (QED) is 0.693. The van der Waals surface area contributed by atoms with Gasteiger partial charge in [-0.2, -0.15) is 0 Å². The maximum atomic E-state index is 12.7. The van der Waals surface area contributed by atoms with Gasteiger partial charge >= 0.3 is 0 Å². The minimum atomic E-state index is -0.116. The van der Waals surface area contributed by atoms with E-state index in [0.717, 1.165) is 48.5 Å². The number of hydrogen-bond donors (Lipinski definition) is 1. The second kappa shape index (κ2) is 8.31. The van der Waals surface area contributed by atoms with Gasteiger partial charge in [0.25, 0.3) is 5.91 Å². The Bertz CT molecular complexity index is 1050. The average molecular weight is 439 g/mol. The summed E-state index contributed by atoms with van der Waals surface area (Å²) in [4.78, 5) is 31.9. The number of rotatable bonds is 6. The molecule has 1 N–H and O–H groups in total. The molecule has 0 saturated carbocycles. The fraction of sp³-hybridized carbons (Fsp3) is 0.565. The number of nitrogens with one attached hydrogen (secondary N) is 1. The summed E-state index contributed by atoms with van der Waals surface area (Å²) < 4.78 is 0. The summed E-state index contributed by atoms with van der Waals surface area (Å²) in [6.07, 6.45) is 11.9. The van der Waals surface area contributed by atoms with Crippen molar-refractivity contribution in [2.24, 2.45) is 5.41 Å². The summed E-state index contributed by atoms with van der Waals surface area (Å²) in [5.41, 5.74) is 3.40. The van der Waals surface area contributed by atoms with Gasteiger partial charge in [0.15, 0.2) is 10.8 Å². The third kappa shape index (κ3) is 3.99. The number of nitrogens with zero attached hydrogens (tertiary/aromatic N) is 5. The van der Waals surface area contributed by atoms with Crippen LogP contribution in [-0.4, -0.2) is 58.5 Å². The number of aromatic nitrogens is 3. The molecule has 1 aliphatic carbocycles. The van der Waals surface area contributed by atoms with Crippen molar-refractivity contribution in [3.63, 3.8) is 0 Å². The molecule has 2 aliphatic heterocycles. The van der Waals surface area contributed by atoms with Crippen LogP contribution >= 0.6 is 11.3 Å². The highest BCUT2D eigenvalue weighted by molar-refractivity contribution is 7.19. The summed E-state index contributed by atoms with van der Waals surface area (Å²) in [6, 6.07) is 0. The second-order valence-electron chi connectivity index (χ2n) is 9.28. The molecule has 5 rings (SSSR count). The molecule has 31 heavy (non-hydrogen) atoms. The van der Waals surface area contributed by atoms with E-state index < -0.39 is 0 Å². The van der Waals surface area contributed by atoms with Crippen molar-refractivity contribution in [2.75, 3.05) is 37.6 Å². The monoisotopic (exact) mass is 438 g/mol. The van der Waals surface area contributed by atoms with Crippen molar-refractivity contribution in [1.29, 1.82) is 0 Å². The highest BCUT2D eigenvalue weighted by atomic mass is 32.1. The number of fused-ring (bicyclic) bond motifs is 2. The van der Waals surface area contributed by atoms with E-state index in [0.29, 0.717) is 11.6 Å². The zero-order chi connectivity index (χ0) is 21.4. The molecule has 0 bridgehead atoms. The number of amides is 1. The van der Waals surface area contributed by atoms with Crippen molar-refractivity contribution < 1.29 is 4.79 Å². The molecule has 1 amide bonds. The number of hydrogen-bond acceptors (Lipinski definition) is 7. The molecule has 7 nitrogen and oxygen atoms in total.